The zero-order valence-corrected chi connectivity index (χ0v) is 8.42. The Bertz CT molecular complexity index is 110. The van der Waals surface area contributed by atoms with Gasteiger partial charge in [-0.3, -0.25) is 0 Å². The van der Waals surface area contributed by atoms with E-state index in [9.17, 15) is 0 Å². The number of rotatable bonds is 7. The van der Waals surface area contributed by atoms with Crippen LogP contribution < -0.4 is 5.73 Å². The molecule has 2 heteroatoms. The Morgan fingerprint density at radius 1 is 1.50 bits per heavy atom. The molecule has 0 aromatic carbocycles. The first kappa shape index (κ1) is 11.7. The highest BCUT2D eigenvalue weighted by Crippen LogP contribution is 1.95. The summed E-state index contributed by atoms with van der Waals surface area (Å²) in [6.45, 7) is 8.00. The molecule has 0 radical (unpaired) electrons. The second-order valence-corrected chi connectivity index (χ2v) is 3.50. The van der Waals surface area contributed by atoms with Gasteiger partial charge in [-0.05, 0) is 46.3 Å². The first-order valence-corrected chi connectivity index (χ1v) is 4.72. The average Bonchev–Trinajstić information content (AvgIpc) is 2.01. The first-order chi connectivity index (χ1) is 5.66. The Morgan fingerprint density at radius 2 is 2.17 bits per heavy atom. The third kappa shape index (κ3) is 7.76. The molecule has 0 heterocycles. The molecule has 72 valence electrons. The molecule has 0 aliphatic carbocycles. The van der Waals surface area contributed by atoms with Gasteiger partial charge >= 0.3 is 0 Å². The van der Waals surface area contributed by atoms with Crippen molar-refractivity contribution in [2.24, 2.45) is 5.73 Å². The monoisotopic (exact) mass is 170 g/mol. The molecule has 0 rings (SSSR count). The number of hydrogen-bond acceptors (Lipinski definition) is 2. The smallest absolute Gasteiger partial charge is 0.00226 e. The van der Waals surface area contributed by atoms with Crippen LogP contribution in [0.2, 0.25) is 0 Å². The van der Waals surface area contributed by atoms with E-state index >= 15 is 0 Å². The molecular formula is C10H22N2. The van der Waals surface area contributed by atoms with Crippen molar-refractivity contribution in [1.82, 2.24) is 4.90 Å². The normalized spacial score (nSPS) is 13.3. The van der Waals surface area contributed by atoms with Crippen molar-refractivity contribution in [3.8, 4) is 0 Å². The molecule has 0 amide bonds. The molecule has 0 saturated carbocycles. The molecule has 0 aromatic heterocycles. The van der Waals surface area contributed by atoms with Gasteiger partial charge in [-0.2, -0.15) is 0 Å². The van der Waals surface area contributed by atoms with Gasteiger partial charge in [-0.15, -0.1) is 6.58 Å². The van der Waals surface area contributed by atoms with Crippen LogP contribution in [-0.2, 0) is 0 Å². The van der Waals surface area contributed by atoms with Gasteiger partial charge in [0.25, 0.3) is 0 Å². The minimum absolute atomic E-state index is 0.326. The van der Waals surface area contributed by atoms with E-state index in [0.29, 0.717) is 6.04 Å². The SMILES string of the molecule is C=CCCCN(C)CC[C@H](C)N. The molecule has 0 aromatic rings. The quantitative estimate of drug-likeness (QED) is 0.465. The van der Waals surface area contributed by atoms with Crippen molar-refractivity contribution in [3.63, 3.8) is 0 Å². The van der Waals surface area contributed by atoms with Crippen molar-refractivity contribution in [2.75, 3.05) is 20.1 Å². The second kappa shape index (κ2) is 7.32. The molecule has 0 spiro atoms. The number of allylic oxidation sites excluding steroid dienone is 1. The van der Waals surface area contributed by atoms with Crippen LogP contribution >= 0.6 is 0 Å². The van der Waals surface area contributed by atoms with Crippen molar-refractivity contribution >= 4 is 0 Å². The highest BCUT2D eigenvalue weighted by molar-refractivity contribution is 4.67. The van der Waals surface area contributed by atoms with Crippen molar-refractivity contribution in [2.45, 2.75) is 32.2 Å². The van der Waals surface area contributed by atoms with Gasteiger partial charge in [-0.1, -0.05) is 6.08 Å². The zero-order valence-electron chi connectivity index (χ0n) is 8.42. The summed E-state index contributed by atoms with van der Waals surface area (Å²) >= 11 is 0. The van der Waals surface area contributed by atoms with E-state index in [4.69, 9.17) is 5.73 Å². The number of nitrogens with two attached hydrogens (primary N) is 1. The lowest BCUT2D eigenvalue weighted by atomic mass is 10.2. The minimum atomic E-state index is 0.326. The van der Waals surface area contributed by atoms with E-state index in [-0.39, 0.29) is 0 Å². The van der Waals surface area contributed by atoms with Crippen LogP contribution in [0, 0.1) is 0 Å². The highest BCUT2D eigenvalue weighted by Gasteiger charge is 1.99. The summed E-state index contributed by atoms with van der Waals surface area (Å²) in [5.41, 5.74) is 5.65. The Balaban J connectivity index is 3.21. The van der Waals surface area contributed by atoms with E-state index in [1.165, 1.54) is 6.42 Å². The second-order valence-electron chi connectivity index (χ2n) is 3.50. The van der Waals surface area contributed by atoms with Crippen LogP contribution in [0.15, 0.2) is 12.7 Å². The lowest BCUT2D eigenvalue weighted by Crippen LogP contribution is -2.26. The molecular weight excluding hydrogens is 148 g/mol. The predicted molar refractivity (Wildman–Crippen MR) is 55.2 cm³/mol. The van der Waals surface area contributed by atoms with E-state index in [2.05, 4.69) is 25.5 Å². The summed E-state index contributed by atoms with van der Waals surface area (Å²) in [4.78, 5) is 2.33. The molecule has 0 bridgehead atoms. The molecule has 1 atom stereocenters. The standard InChI is InChI=1S/C10H22N2/c1-4-5-6-8-12(3)9-7-10(2)11/h4,10H,1,5-9,11H2,2-3H3/t10-/m0/s1. The molecule has 0 fully saturated rings. The molecule has 2 N–H and O–H groups in total. The summed E-state index contributed by atoms with van der Waals surface area (Å²) in [5.74, 6) is 0. The van der Waals surface area contributed by atoms with Crippen molar-refractivity contribution < 1.29 is 0 Å². The van der Waals surface area contributed by atoms with E-state index in [0.717, 1.165) is 25.9 Å². The van der Waals surface area contributed by atoms with Crippen molar-refractivity contribution in [1.29, 1.82) is 0 Å². The van der Waals surface area contributed by atoms with Gasteiger partial charge in [0, 0.05) is 6.04 Å². The average molecular weight is 170 g/mol. The Kier molecular flexibility index (Phi) is 7.11. The maximum Gasteiger partial charge on any atom is 0.00226 e. The lowest BCUT2D eigenvalue weighted by Gasteiger charge is -2.16. The summed E-state index contributed by atoms with van der Waals surface area (Å²) in [6, 6.07) is 0.326. The van der Waals surface area contributed by atoms with E-state index in [1.807, 2.05) is 6.08 Å². The Labute approximate surface area is 76.4 Å². The van der Waals surface area contributed by atoms with Gasteiger partial charge in [0.2, 0.25) is 0 Å². The summed E-state index contributed by atoms with van der Waals surface area (Å²) < 4.78 is 0. The van der Waals surface area contributed by atoms with Gasteiger partial charge in [-0.25, -0.2) is 0 Å². The van der Waals surface area contributed by atoms with Gasteiger partial charge in [0.05, 0.1) is 0 Å². The van der Waals surface area contributed by atoms with Crippen LogP contribution in [-0.4, -0.2) is 31.1 Å². The summed E-state index contributed by atoms with van der Waals surface area (Å²) in [6.07, 6.45) is 5.38. The largest absolute Gasteiger partial charge is 0.328 e. The summed E-state index contributed by atoms with van der Waals surface area (Å²) in [7, 11) is 2.14. The number of unbranched alkanes of at least 4 members (excludes halogenated alkanes) is 1. The molecule has 0 aliphatic heterocycles. The van der Waals surface area contributed by atoms with Crippen molar-refractivity contribution in [3.05, 3.63) is 12.7 Å². The Morgan fingerprint density at radius 3 is 2.67 bits per heavy atom. The van der Waals surface area contributed by atoms with Crippen LogP contribution in [0.4, 0.5) is 0 Å². The molecule has 0 saturated heterocycles. The van der Waals surface area contributed by atoms with Crippen LogP contribution in [0.1, 0.15) is 26.2 Å². The fraction of sp³-hybridized carbons (Fsp3) is 0.800. The molecule has 0 unspecified atom stereocenters. The summed E-state index contributed by atoms with van der Waals surface area (Å²) in [5, 5.41) is 0. The highest BCUT2D eigenvalue weighted by atomic mass is 15.1. The maximum atomic E-state index is 5.65. The molecule has 2 nitrogen and oxygen atoms in total. The van der Waals surface area contributed by atoms with E-state index < -0.39 is 0 Å². The van der Waals surface area contributed by atoms with Crippen LogP contribution in [0.5, 0.6) is 0 Å². The maximum absolute atomic E-state index is 5.65. The fourth-order valence-electron chi connectivity index (χ4n) is 1.04. The molecule has 0 aliphatic rings. The minimum Gasteiger partial charge on any atom is -0.328 e. The van der Waals surface area contributed by atoms with Crippen LogP contribution in [0.3, 0.4) is 0 Å². The lowest BCUT2D eigenvalue weighted by molar-refractivity contribution is 0.317. The number of nitrogens with zero attached hydrogens (tertiary/aromatic N) is 1. The van der Waals surface area contributed by atoms with Gasteiger partial charge in [0.1, 0.15) is 0 Å². The third-order valence-electron chi connectivity index (χ3n) is 1.91. The third-order valence-corrected chi connectivity index (χ3v) is 1.91. The Hall–Kier alpha value is -0.340. The van der Waals surface area contributed by atoms with Crippen LogP contribution in [0.25, 0.3) is 0 Å². The number of hydrogen-bond donors (Lipinski definition) is 1. The predicted octanol–water partition coefficient (Wildman–Crippen LogP) is 1.62. The topological polar surface area (TPSA) is 29.3 Å². The van der Waals surface area contributed by atoms with E-state index in [1.54, 1.807) is 0 Å². The van der Waals surface area contributed by atoms with Gasteiger partial charge in [0.15, 0.2) is 0 Å². The fourth-order valence-corrected chi connectivity index (χ4v) is 1.04. The zero-order chi connectivity index (χ0) is 9.40. The molecule has 12 heavy (non-hydrogen) atoms. The van der Waals surface area contributed by atoms with Gasteiger partial charge < -0.3 is 10.6 Å². The first-order valence-electron chi connectivity index (χ1n) is 4.72.